The number of nitrogens with two attached hydrogens (primary N) is 1. The van der Waals surface area contributed by atoms with E-state index >= 15 is 0 Å². The first kappa shape index (κ1) is 21.1. The Balaban J connectivity index is 3.16. The number of nitrogens with one attached hydrogen (secondary N) is 1. The predicted molar refractivity (Wildman–Crippen MR) is 93.9 cm³/mol. The van der Waals surface area contributed by atoms with Gasteiger partial charge in [0.25, 0.3) is 0 Å². The molecule has 0 aromatic rings. The highest BCUT2D eigenvalue weighted by Gasteiger charge is 2.27. The van der Waals surface area contributed by atoms with Crippen molar-refractivity contribution in [3.63, 3.8) is 0 Å². The molecule has 0 unspecified atom stereocenters. The van der Waals surface area contributed by atoms with Crippen LogP contribution in [0.4, 0.5) is 0 Å². The van der Waals surface area contributed by atoms with Gasteiger partial charge in [-0.25, -0.2) is 0 Å². The Hall–Kier alpha value is 0.0569. The van der Waals surface area contributed by atoms with Crippen LogP contribution in [0.25, 0.3) is 0 Å². The topological polar surface area (TPSA) is 56.5 Å². The Morgan fingerprint density at radius 1 is 0.762 bits per heavy atom. The normalized spacial score (nSPS) is 12.0. The minimum Gasteiger partial charge on any atom is -0.398 e. The maximum Gasteiger partial charge on any atom is 0.334 e. The van der Waals surface area contributed by atoms with Crippen molar-refractivity contribution in [1.29, 1.82) is 0 Å². The molecule has 0 rings (SSSR count). The van der Waals surface area contributed by atoms with Crippen molar-refractivity contribution in [2.24, 2.45) is 5.73 Å². The lowest BCUT2D eigenvalue weighted by molar-refractivity contribution is 0.248. The third-order valence-corrected chi connectivity index (χ3v) is 7.16. The molecule has 0 heterocycles. The molecule has 128 valence electrons. The zero-order valence-corrected chi connectivity index (χ0v) is 15.6. The van der Waals surface area contributed by atoms with Crippen LogP contribution in [0.1, 0.15) is 57.8 Å². The van der Waals surface area contributed by atoms with Gasteiger partial charge >= 0.3 is 8.56 Å². The molecule has 0 radical (unpaired) electrons. The number of rotatable bonds is 16. The van der Waals surface area contributed by atoms with Crippen LogP contribution in [0.5, 0.6) is 0 Å². The first-order valence-corrected chi connectivity index (χ1v) is 11.2. The second kappa shape index (κ2) is 15.0. The predicted octanol–water partition coefficient (Wildman–Crippen LogP) is 3.41. The van der Waals surface area contributed by atoms with Crippen LogP contribution in [-0.4, -0.2) is 42.4 Å². The molecule has 4 nitrogen and oxygen atoms in total. The number of hydrogen-bond donors (Lipinski definition) is 2. The van der Waals surface area contributed by atoms with E-state index in [0.717, 1.165) is 25.7 Å². The Labute approximate surface area is 133 Å². The molecule has 0 aliphatic heterocycles. The highest BCUT2D eigenvalue weighted by atomic mass is 28.4. The molecular weight excluding hydrogens is 280 g/mol. The van der Waals surface area contributed by atoms with E-state index in [9.17, 15) is 0 Å². The van der Waals surface area contributed by atoms with E-state index in [1.807, 2.05) is 0 Å². The Kier molecular flexibility index (Phi) is 15.0. The molecule has 0 saturated carbocycles. The summed E-state index contributed by atoms with van der Waals surface area (Å²) in [5.74, 6) is 0. The smallest absolute Gasteiger partial charge is 0.334 e. The zero-order chi connectivity index (χ0) is 15.8. The number of hydrogen-bond acceptors (Lipinski definition) is 4. The van der Waals surface area contributed by atoms with Crippen LogP contribution in [0.2, 0.25) is 12.6 Å². The summed E-state index contributed by atoms with van der Waals surface area (Å²) in [4.78, 5) is 0. The van der Waals surface area contributed by atoms with Gasteiger partial charge in [0.15, 0.2) is 0 Å². The second-order valence-corrected chi connectivity index (χ2v) is 9.60. The van der Waals surface area contributed by atoms with Crippen LogP contribution in [-0.2, 0) is 8.85 Å². The van der Waals surface area contributed by atoms with Gasteiger partial charge in [-0.15, -0.1) is 0 Å². The molecule has 0 spiro atoms. The van der Waals surface area contributed by atoms with Gasteiger partial charge in [-0.2, -0.15) is 0 Å². The molecule has 0 aromatic carbocycles. The fourth-order valence-corrected chi connectivity index (χ4v) is 3.92. The lowest BCUT2D eigenvalue weighted by Gasteiger charge is -2.22. The van der Waals surface area contributed by atoms with Crippen LogP contribution >= 0.6 is 0 Å². The average Bonchev–Trinajstić information content (AvgIpc) is 2.51. The lowest BCUT2D eigenvalue weighted by Crippen LogP contribution is -2.35. The van der Waals surface area contributed by atoms with E-state index < -0.39 is 8.56 Å². The third kappa shape index (κ3) is 13.4. The van der Waals surface area contributed by atoms with Crippen molar-refractivity contribution >= 4 is 8.56 Å². The van der Waals surface area contributed by atoms with Crippen molar-refractivity contribution < 1.29 is 8.85 Å². The molecule has 3 N–H and O–H groups in total. The largest absolute Gasteiger partial charge is 0.398 e. The van der Waals surface area contributed by atoms with Crippen molar-refractivity contribution in [2.45, 2.75) is 70.4 Å². The molecule has 0 saturated heterocycles. The Bertz CT molecular complexity index is 214. The first-order valence-electron chi connectivity index (χ1n) is 8.69. The molecule has 0 atom stereocenters. The average molecular weight is 319 g/mol. The van der Waals surface area contributed by atoms with E-state index in [4.69, 9.17) is 14.6 Å². The molecule has 0 aromatic heterocycles. The van der Waals surface area contributed by atoms with Crippen molar-refractivity contribution in [1.82, 2.24) is 5.32 Å². The first-order chi connectivity index (χ1) is 10.2. The summed E-state index contributed by atoms with van der Waals surface area (Å²) in [7, 11) is 1.75. The fraction of sp³-hybridized carbons (Fsp3) is 1.00. The SMILES string of the molecule is CO[Si](C)(CCCCCCCCCCCNCCN)OC. The highest BCUT2D eigenvalue weighted by molar-refractivity contribution is 6.65. The maximum atomic E-state index is 5.50. The van der Waals surface area contributed by atoms with Crippen molar-refractivity contribution in [2.75, 3.05) is 33.9 Å². The summed E-state index contributed by atoms with van der Waals surface area (Å²) in [6.07, 6.45) is 12.1. The van der Waals surface area contributed by atoms with E-state index in [2.05, 4.69) is 11.9 Å². The summed E-state index contributed by atoms with van der Waals surface area (Å²) in [5, 5.41) is 3.34. The van der Waals surface area contributed by atoms with Gasteiger partial charge in [-0.3, -0.25) is 0 Å². The highest BCUT2D eigenvalue weighted by Crippen LogP contribution is 2.17. The molecule has 0 aliphatic carbocycles. The van der Waals surface area contributed by atoms with Crippen LogP contribution in [0, 0.1) is 0 Å². The zero-order valence-electron chi connectivity index (χ0n) is 14.6. The molecule has 0 aliphatic rings. The minimum atomic E-state index is -1.81. The molecule has 21 heavy (non-hydrogen) atoms. The summed E-state index contributed by atoms with van der Waals surface area (Å²) in [5.41, 5.74) is 5.42. The van der Waals surface area contributed by atoms with E-state index in [1.165, 1.54) is 57.8 Å². The Morgan fingerprint density at radius 2 is 1.24 bits per heavy atom. The van der Waals surface area contributed by atoms with Gasteiger partial charge in [0, 0.05) is 27.3 Å². The standard InChI is InChI=1S/C16H38N2O2Si/c1-19-21(3,20-2)16-12-10-8-6-4-5-7-9-11-14-18-15-13-17/h18H,4-17H2,1-3H3. The van der Waals surface area contributed by atoms with Crippen molar-refractivity contribution in [3.05, 3.63) is 0 Å². The van der Waals surface area contributed by atoms with E-state index in [-0.39, 0.29) is 0 Å². The van der Waals surface area contributed by atoms with Gasteiger partial charge < -0.3 is 19.9 Å². The van der Waals surface area contributed by atoms with Gasteiger partial charge in [0.05, 0.1) is 0 Å². The summed E-state index contributed by atoms with van der Waals surface area (Å²) in [6, 6.07) is 1.12. The van der Waals surface area contributed by atoms with Gasteiger partial charge in [0.1, 0.15) is 0 Å². The van der Waals surface area contributed by atoms with E-state index in [0.29, 0.717) is 0 Å². The second-order valence-electron chi connectivity index (χ2n) is 6.01. The fourth-order valence-electron chi connectivity index (χ4n) is 2.45. The number of unbranched alkanes of at least 4 members (excludes halogenated alkanes) is 8. The van der Waals surface area contributed by atoms with Crippen LogP contribution in [0.15, 0.2) is 0 Å². The molecular formula is C16H38N2O2Si. The molecule has 0 bridgehead atoms. The quantitative estimate of drug-likeness (QED) is 0.338. The summed E-state index contributed by atoms with van der Waals surface area (Å²) < 4.78 is 11.0. The van der Waals surface area contributed by atoms with Gasteiger partial charge in [-0.05, 0) is 25.6 Å². The minimum absolute atomic E-state index is 0.746. The maximum absolute atomic E-state index is 5.50. The summed E-state index contributed by atoms with van der Waals surface area (Å²) in [6.45, 7) is 4.97. The molecule has 0 amide bonds. The van der Waals surface area contributed by atoms with Crippen molar-refractivity contribution in [3.8, 4) is 0 Å². The lowest BCUT2D eigenvalue weighted by atomic mass is 10.1. The Morgan fingerprint density at radius 3 is 1.71 bits per heavy atom. The molecule has 5 heteroatoms. The van der Waals surface area contributed by atoms with Crippen LogP contribution in [0.3, 0.4) is 0 Å². The summed E-state index contributed by atoms with van der Waals surface area (Å²) >= 11 is 0. The van der Waals surface area contributed by atoms with Gasteiger partial charge in [0.2, 0.25) is 0 Å². The monoisotopic (exact) mass is 318 g/mol. The van der Waals surface area contributed by atoms with E-state index in [1.54, 1.807) is 14.2 Å². The molecule has 0 fully saturated rings. The van der Waals surface area contributed by atoms with Gasteiger partial charge in [-0.1, -0.05) is 51.4 Å². The van der Waals surface area contributed by atoms with Crippen LogP contribution < -0.4 is 11.1 Å². The third-order valence-electron chi connectivity index (χ3n) is 4.17.